The Hall–Kier alpha value is -2.50. The van der Waals surface area contributed by atoms with Crippen LogP contribution in [0.5, 0.6) is 11.5 Å². The maximum Gasteiger partial charge on any atom is 0.226 e. The molecule has 0 saturated heterocycles. The van der Waals surface area contributed by atoms with Gasteiger partial charge in [-0.3, -0.25) is 4.79 Å². The molecule has 6 nitrogen and oxygen atoms in total. The van der Waals surface area contributed by atoms with Crippen LogP contribution < -0.4 is 9.47 Å². The Morgan fingerprint density at radius 3 is 2.50 bits per heavy atom. The fourth-order valence-corrected chi connectivity index (χ4v) is 3.89. The molecule has 138 valence electrons. The van der Waals surface area contributed by atoms with Crippen LogP contribution >= 0.6 is 0 Å². The van der Waals surface area contributed by atoms with Gasteiger partial charge in [0.1, 0.15) is 6.04 Å². The topological polar surface area (TPSA) is 64.8 Å². The monoisotopic (exact) mass is 356 g/mol. The van der Waals surface area contributed by atoms with Gasteiger partial charge in [0.25, 0.3) is 0 Å². The number of hydrogen-bond acceptors (Lipinski definition) is 5. The van der Waals surface area contributed by atoms with Crippen molar-refractivity contribution in [2.75, 3.05) is 20.8 Å². The second kappa shape index (κ2) is 6.67. The Morgan fingerprint density at radius 2 is 1.92 bits per heavy atom. The number of aromatic nitrogens is 1. The van der Waals surface area contributed by atoms with Gasteiger partial charge in [-0.25, -0.2) is 0 Å². The molecule has 0 radical (unpaired) electrons. The number of aryl methyl sites for hydroxylation is 1. The fourth-order valence-electron chi connectivity index (χ4n) is 3.89. The molecule has 1 aliphatic heterocycles. The average Bonchev–Trinajstić information content (AvgIpc) is 3.03. The lowest BCUT2D eigenvalue weighted by Crippen LogP contribution is -2.45. The summed E-state index contributed by atoms with van der Waals surface area (Å²) in [5.41, 5.74) is 2.99. The molecule has 6 heteroatoms. The van der Waals surface area contributed by atoms with E-state index < -0.39 is 0 Å². The molecule has 2 aromatic rings. The van der Waals surface area contributed by atoms with Crippen molar-refractivity contribution in [1.29, 1.82) is 0 Å². The van der Waals surface area contributed by atoms with Crippen molar-refractivity contribution in [3.63, 3.8) is 0 Å². The maximum absolute atomic E-state index is 13.1. The summed E-state index contributed by atoms with van der Waals surface area (Å²) in [7, 11) is 3.26. The van der Waals surface area contributed by atoms with Crippen LogP contribution in [0.1, 0.15) is 47.9 Å². The van der Waals surface area contributed by atoms with Crippen LogP contribution in [0.2, 0.25) is 0 Å². The van der Waals surface area contributed by atoms with E-state index in [0.29, 0.717) is 23.8 Å². The summed E-state index contributed by atoms with van der Waals surface area (Å²) in [4.78, 5) is 15.0. The Labute approximate surface area is 153 Å². The first-order valence-electron chi connectivity index (χ1n) is 9.11. The number of methoxy groups -OCH3 is 2. The van der Waals surface area contributed by atoms with Crippen LogP contribution in [0, 0.1) is 12.8 Å². The molecule has 1 aromatic carbocycles. The molecule has 1 aromatic heterocycles. The van der Waals surface area contributed by atoms with E-state index in [1.165, 1.54) is 0 Å². The number of hydrogen-bond donors (Lipinski definition) is 0. The standard InChI is InChI=1S/C20H24N2O4/c1-12-9-18(26-21-12)19-15-11-17(25-3)16(24-2)10-14(15)7-8-22(19)20(23)13-5-4-6-13/h9-11,13,19H,4-8H2,1-3H3/t19-/m0/s1. The largest absolute Gasteiger partial charge is 0.493 e. The molecule has 2 heterocycles. The number of fused-ring (bicyclic) bond motifs is 1. The Kier molecular flexibility index (Phi) is 4.34. The van der Waals surface area contributed by atoms with Crippen LogP contribution in [0.25, 0.3) is 0 Å². The molecular formula is C20H24N2O4. The van der Waals surface area contributed by atoms with Gasteiger partial charge in [-0.2, -0.15) is 0 Å². The van der Waals surface area contributed by atoms with Crippen molar-refractivity contribution in [3.8, 4) is 11.5 Å². The van der Waals surface area contributed by atoms with E-state index in [1.54, 1.807) is 14.2 Å². The lowest BCUT2D eigenvalue weighted by atomic mass is 9.82. The summed E-state index contributed by atoms with van der Waals surface area (Å²) in [6, 6.07) is 5.62. The van der Waals surface area contributed by atoms with E-state index in [-0.39, 0.29) is 17.9 Å². The van der Waals surface area contributed by atoms with Gasteiger partial charge < -0.3 is 18.9 Å². The Bertz CT molecular complexity index is 825. The highest BCUT2D eigenvalue weighted by Crippen LogP contribution is 2.42. The fraction of sp³-hybridized carbons (Fsp3) is 0.500. The molecule has 1 aliphatic carbocycles. The minimum absolute atomic E-state index is 0.142. The van der Waals surface area contributed by atoms with Crippen LogP contribution in [0.3, 0.4) is 0 Å². The molecule has 0 N–H and O–H groups in total. The first-order valence-corrected chi connectivity index (χ1v) is 9.11. The number of nitrogens with zero attached hydrogens (tertiary/aromatic N) is 2. The second-order valence-electron chi connectivity index (χ2n) is 7.09. The third-order valence-corrected chi connectivity index (χ3v) is 5.53. The lowest BCUT2D eigenvalue weighted by molar-refractivity contribution is -0.140. The van der Waals surface area contributed by atoms with Gasteiger partial charge in [0.2, 0.25) is 5.91 Å². The summed E-state index contributed by atoms with van der Waals surface area (Å²) in [6.07, 6.45) is 3.89. The van der Waals surface area contributed by atoms with Gasteiger partial charge in [-0.05, 0) is 49.4 Å². The second-order valence-corrected chi connectivity index (χ2v) is 7.09. The highest BCUT2D eigenvalue weighted by Gasteiger charge is 2.39. The average molecular weight is 356 g/mol. The minimum Gasteiger partial charge on any atom is -0.493 e. The van der Waals surface area contributed by atoms with Crippen molar-refractivity contribution in [2.24, 2.45) is 5.92 Å². The molecule has 26 heavy (non-hydrogen) atoms. The number of ether oxygens (including phenoxy) is 2. The zero-order chi connectivity index (χ0) is 18.3. The van der Waals surface area contributed by atoms with E-state index in [0.717, 1.165) is 42.5 Å². The van der Waals surface area contributed by atoms with Gasteiger partial charge in [0.05, 0.1) is 19.9 Å². The molecule has 0 unspecified atom stereocenters. The number of amides is 1. The van der Waals surface area contributed by atoms with Crippen LogP contribution in [-0.4, -0.2) is 36.7 Å². The van der Waals surface area contributed by atoms with Gasteiger partial charge in [-0.15, -0.1) is 0 Å². The van der Waals surface area contributed by atoms with Crippen molar-refractivity contribution < 1.29 is 18.8 Å². The van der Waals surface area contributed by atoms with Crippen LogP contribution in [-0.2, 0) is 11.2 Å². The summed E-state index contributed by atoms with van der Waals surface area (Å²) >= 11 is 0. The molecule has 0 bridgehead atoms. The molecule has 0 spiro atoms. The van der Waals surface area contributed by atoms with Gasteiger partial charge in [0.15, 0.2) is 17.3 Å². The summed E-state index contributed by atoms with van der Waals surface area (Å²) in [6.45, 7) is 2.56. The number of rotatable bonds is 4. The molecule has 1 fully saturated rings. The molecule has 4 rings (SSSR count). The third kappa shape index (κ3) is 2.73. The maximum atomic E-state index is 13.1. The van der Waals surface area contributed by atoms with E-state index in [1.807, 2.05) is 30.0 Å². The quantitative estimate of drug-likeness (QED) is 0.841. The zero-order valence-corrected chi connectivity index (χ0v) is 15.4. The van der Waals surface area contributed by atoms with Crippen molar-refractivity contribution in [2.45, 2.75) is 38.6 Å². The predicted octanol–water partition coefficient (Wildman–Crippen LogP) is 3.27. The van der Waals surface area contributed by atoms with E-state index in [4.69, 9.17) is 14.0 Å². The van der Waals surface area contributed by atoms with E-state index in [9.17, 15) is 4.79 Å². The summed E-state index contributed by atoms with van der Waals surface area (Å²) in [5.74, 6) is 2.42. The molecule has 1 amide bonds. The van der Waals surface area contributed by atoms with E-state index >= 15 is 0 Å². The van der Waals surface area contributed by atoms with Crippen molar-refractivity contribution >= 4 is 5.91 Å². The number of benzene rings is 1. The normalized spacial score (nSPS) is 19.7. The molecule has 1 saturated carbocycles. The zero-order valence-electron chi connectivity index (χ0n) is 15.4. The predicted molar refractivity (Wildman–Crippen MR) is 95.4 cm³/mol. The molecule has 2 aliphatic rings. The van der Waals surface area contributed by atoms with Crippen molar-refractivity contribution in [1.82, 2.24) is 10.1 Å². The van der Waals surface area contributed by atoms with Crippen LogP contribution in [0.4, 0.5) is 0 Å². The smallest absolute Gasteiger partial charge is 0.226 e. The lowest BCUT2D eigenvalue weighted by Gasteiger charge is -2.40. The van der Waals surface area contributed by atoms with Crippen molar-refractivity contribution in [3.05, 3.63) is 40.8 Å². The SMILES string of the molecule is COc1cc2c(cc1OC)[C@@H](c1cc(C)no1)N(C(=O)C1CCC1)CC2. The first kappa shape index (κ1) is 16.9. The van der Waals surface area contributed by atoms with Gasteiger partial charge >= 0.3 is 0 Å². The Balaban J connectivity index is 1.81. The van der Waals surface area contributed by atoms with Gasteiger partial charge in [-0.1, -0.05) is 11.6 Å². The number of carbonyl (C=O) groups excluding carboxylic acids is 1. The minimum atomic E-state index is -0.271. The third-order valence-electron chi connectivity index (χ3n) is 5.53. The molecular weight excluding hydrogens is 332 g/mol. The Morgan fingerprint density at radius 1 is 1.19 bits per heavy atom. The summed E-state index contributed by atoms with van der Waals surface area (Å²) < 4.78 is 16.5. The van der Waals surface area contributed by atoms with Crippen LogP contribution in [0.15, 0.2) is 22.7 Å². The highest BCUT2D eigenvalue weighted by atomic mass is 16.5. The molecule has 1 atom stereocenters. The van der Waals surface area contributed by atoms with E-state index in [2.05, 4.69) is 5.16 Å². The van der Waals surface area contributed by atoms with Gasteiger partial charge in [0, 0.05) is 18.5 Å². The highest BCUT2D eigenvalue weighted by molar-refractivity contribution is 5.81. The first-order chi connectivity index (χ1) is 12.6. The summed E-state index contributed by atoms with van der Waals surface area (Å²) in [5, 5.41) is 4.04. The number of carbonyl (C=O) groups is 1.